The predicted molar refractivity (Wildman–Crippen MR) is 81.2 cm³/mol. The second-order valence-corrected chi connectivity index (χ2v) is 5.52. The molecule has 1 heterocycles. The first-order valence-electron chi connectivity index (χ1n) is 7.41. The van der Waals surface area contributed by atoms with E-state index in [0.29, 0.717) is 13.2 Å². The lowest BCUT2D eigenvalue weighted by Gasteiger charge is -2.14. The number of benzene rings is 1. The molecule has 20 heavy (non-hydrogen) atoms. The minimum Gasteiger partial charge on any atom is -0.376 e. The zero-order valence-corrected chi connectivity index (χ0v) is 11.9. The van der Waals surface area contributed by atoms with Gasteiger partial charge in [0.15, 0.2) is 0 Å². The second kappa shape index (κ2) is 5.76. The molecule has 0 spiro atoms. The first-order valence-corrected chi connectivity index (χ1v) is 7.41. The highest BCUT2D eigenvalue weighted by Gasteiger charge is 2.30. The molecule has 2 heteroatoms. The minimum absolute atomic E-state index is 0.159. The average Bonchev–Trinajstić information content (AvgIpc) is 2.91. The van der Waals surface area contributed by atoms with E-state index in [1.54, 1.807) is 0 Å². The van der Waals surface area contributed by atoms with Crippen LogP contribution in [0.1, 0.15) is 37.3 Å². The van der Waals surface area contributed by atoms with Gasteiger partial charge < -0.3 is 4.74 Å². The number of rotatable bonds is 4. The van der Waals surface area contributed by atoms with Gasteiger partial charge in [0.25, 0.3) is 0 Å². The van der Waals surface area contributed by atoms with Gasteiger partial charge in [-0.1, -0.05) is 37.6 Å². The van der Waals surface area contributed by atoms with Gasteiger partial charge in [-0.15, -0.1) is 0 Å². The van der Waals surface area contributed by atoms with Crippen molar-refractivity contribution in [3.8, 4) is 0 Å². The van der Waals surface area contributed by atoms with E-state index in [2.05, 4.69) is 25.1 Å². The largest absolute Gasteiger partial charge is 0.376 e. The molecule has 1 aromatic carbocycles. The Bertz CT molecular complexity index is 581. The Hall–Kier alpha value is -1.67. The predicted octanol–water partition coefficient (Wildman–Crippen LogP) is 3.87. The first kappa shape index (κ1) is 13.3. The SMILES string of the molecule is CCCCC1=C2COCC2C(C=O)=Cc2ccccc21. The zero-order chi connectivity index (χ0) is 13.9. The molecule has 1 unspecified atom stereocenters. The van der Waals surface area contributed by atoms with Gasteiger partial charge in [0.05, 0.1) is 13.2 Å². The number of hydrogen-bond donors (Lipinski definition) is 0. The lowest BCUT2D eigenvalue weighted by Crippen LogP contribution is -2.07. The number of hydrogen-bond acceptors (Lipinski definition) is 2. The molecule has 104 valence electrons. The Balaban J connectivity index is 2.16. The van der Waals surface area contributed by atoms with Crippen LogP contribution in [0.5, 0.6) is 0 Å². The average molecular weight is 268 g/mol. The first-order chi connectivity index (χ1) is 9.85. The number of carbonyl (C=O) groups excluding carboxylic acids is 1. The lowest BCUT2D eigenvalue weighted by atomic mass is 9.88. The van der Waals surface area contributed by atoms with E-state index in [4.69, 9.17) is 4.74 Å². The van der Waals surface area contributed by atoms with E-state index in [0.717, 1.165) is 18.3 Å². The van der Waals surface area contributed by atoms with Crippen LogP contribution in [0.2, 0.25) is 0 Å². The fourth-order valence-corrected chi connectivity index (χ4v) is 3.20. The monoisotopic (exact) mass is 268 g/mol. The number of fused-ring (bicyclic) bond motifs is 2. The number of carbonyl (C=O) groups is 1. The van der Waals surface area contributed by atoms with Crippen LogP contribution in [0.25, 0.3) is 11.6 Å². The third-order valence-corrected chi connectivity index (χ3v) is 4.28. The smallest absolute Gasteiger partial charge is 0.146 e. The molecule has 1 saturated heterocycles. The number of unbranched alkanes of at least 4 members (excludes halogenated alkanes) is 1. The van der Waals surface area contributed by atoms with Gasteiger partial charge in [-0.05, 0) is 41.2 Å². The van der Waals surface area contributed by atoms with Crippen molar-refractivity contribution >= 4 is 17.9 Å². The summed E-state index contributed by atoms with van der Waals surface area (Å²) >= 11 is 0. The summed E-state index contributed by atoms with van der Waals surface area (Å²) in [7, 11) is 0. The van der Waals surface area contributed by atoms with Crippen LogP contribution in [-0.4, -0.2) is 19.5 Å². The molecule has 0 bridgehead atoms. The Morgan fingerprint density at radius 1 is 1.35 bits per heavy atom. The molecule has 1 atom stereocenters. The minimum atomic E-state index is 0.159. The summed E-state index contributed by atoms with van der Waals surface area (Å²) in [6.07, 6.45) is 6.47. The summed E-state index contributed by atoms with van der Waals surface area (Å²) < 4.78 is 5.65. The second-order valence-electron chi connectivity index (χ2n) is 5.52. The summed E-state index contributed by atoms with van der Waals surface area (Å²) in [6.45, 7) is 3.53. The van der Waals surface area contributed by atoms with Crippen LogP contribution in [0.3, 0.4) is 0 Å². The van der Waals surface area contributed by atoms with Gasteiger partial charge in [-0.2, -0.15) is 0 Å². The summed E-state index contributed by atoms with van der Waals surface area (Å²) in [4.78, 5) is 11.4. The van der Waals surface area contributed by atoms with E-state index in [9.17, 15) is 4.79 Å². The van der Waals surface area contributed by atoms with E-state index < -0.39 is 0 Å². The molecule has 0 aromatic heterocycles. The molecule has 1 aliphatic carbocycles. The molecule has 0 radical (unpaired) electrons. The maximum Gasteiger partial charge on any atom is 0.146 e. The van der Waals surface area contributed by atoms with E-state index in [1.807, 2.05) is 12.1 Å². The number of allylic oxidation sites excluding steroid dienone is 1. The highest BCUT2D eigenvalue weighted by Crippen LogP contribution is 2.40. The standard InChI is InChI=1S/C18H20O2/c1-2-3-7-16-15-8-5-4-6-13(15)9-14(10-19)17-11-20-12-18(16)17/h4-6,8-10,17H,2-3,7,11-12H2,1H3. The van der Waals surface area contributed by atoms with Crippen molar-refractivity contribution in [3.05, 3.63) is 46.5 Å². The Morgan fingerprint density at radius 2 is 2.20 bits per heavy atom. The van der Waals surface area contributed by atoms with Crippen molar-refractivity contribution in [1.82, 2.24) is 0 Å². The molecule has 1 fully saturated rings. The van der Waals surface area contributed by atoms with E-state index >= 15 is 0 Å². The molecule has 3 rings (SSSR count). The Morgan fingerprint density at radius 3 is 3.00 bits per heavy atom. The fourth-order valence-electron chi connectivity index (χ4n) is 3.20. The van der Waals surface area contributed by atoms with Crippen LogP contribution in [0, 0.1) is 5.92 Å². The molecular formula is C18H20O2. The van der Waals surface area contributed by atoms with Gasteiger partial charge in [0, 0.05) is 11.5 Å². The van der Waals surface area contributed by atoms with Gasteiger partial charge in [0.2, 0.25) is 0 Å². The molecular weight excluding hydrogens is 248 g/mol. The maximum atomic E-state index is 11.4. The van der Waals surface area contributed by atoms with Crippen molar-refractivity contribution in [1.29, 1.82) is 0 Å². The highest BCUT2D eigenvalue weighted by atomic mass is 16.5. The topological polar surface area (TPSA) is 26.3 Å². The summed E-state index contributed by atoms with van der Waals surface area (Å²) in [5, 5.41) is 0. The normalized spacial score (nSPS) is 21.1. The van der Waals surface area contributed by atoms with E-state index in [1.165, 1.54) is 35.1 Å². The number of aldehydes is 1. The van der Waals surface area contributed by atoms with Crippen molar-refractivity contribution in [2.24, 2.45) is 5.92 Å². The van der Waals surface area contributed by atoms with E-state index in [-0.39, 0.29) is 5.92 Å². The molecule has 1 aliphatic heterocycles. The highest BCUT2D eigenvalue weighted by molar-refractivity contribution is 5.90. The molecule has 1 aromatic rings. The third kappa shape index (κ3) is 2.25. The van der Waals surface area contributed by atoms with Crippen molar-refractivity contribution in [2.75, 3.05) is 13.2 Å². The molecule has 0 saturated carbocycles. The van der Waals surface area contributed by atoms with Crippen LogP contribution < -0.4 is 0 Å². The zero-order valence-electron chi connectivity index (χ0n) is 11.9. The summed E-state index contributed by atoms with van der Waals surface area (Å²) in [5.74, 6) is 0.159. The van der Waals surface area contributed by atoms with Crippen LogP contribution in [0.15, 0.2) is 35.4 Å². The molecule has 2 aliphatic rings. The van der Waals surface area contributed by atoms with Crippen LogP contribution in [0.4, 0.5) is 0 Å². The van der Waals surface area contributed by atoms with Gasteiger partial charge in [-0.3, -0.25) is 4.79 Å². The Labute approximate surface area is 120 Å². The maximum absolute atomic E-state index is 11.4. The Kier molecular flexibility index (Phi) is 3.83. The van der Waals surface area contributed by atoms with Crippen molar-refractivity contribution < 1.29 is 9.53 Å². The molecule has 0 N–H and O–H groups in total. The third-order valence-electron chi connectivity index (χ3n) is 4.28. The van der Waals surface area contributed by atoms with Gasteiger partial charge >= 0.3 is 0 Å². The van der Waals surface area contributed by atoms with Crippen LogP contribution in [-0.2, 0) is 9.53 Å². The van der Waals surface area contributed by atoms with Crippen molar-refractivity contribution in [2.45, 2.75) is 26.2 Å². The lowest BCUT2D eigenvalue weighted by molar-refractivity contribution is -0.105. The molecule has 0 amide bonds. The summed E-state index contributed by atoms with van der Waals surface area (Å²) in [6, 6.07) is 8.40. The van der Waals surface area contributed by atoms with Gasteiger partial charge in [0.1, 0.15) is 6.29 Å². The van der Waals surface area contributed by atoms with Gasteiger partial charge in [-0.25, -0.2) is 0 Å². The fraction of sp³-hybridized carbons (Fsp3) is 0.389. The molecule has 2 nitrogen and oxygen atoms in total. The number of ether oxygens (including phenoxy) is 1. The van der Waals surface area contributed by atoms with Crippen molar-refractivity contribution in [3.63, 3.8) is 0 Å². The quantitative estimate of drug-likeness (QED) is 0.775. The van der Waals surface area contributed by atoms with Crippen LogP contribution >= 0.6 is 0 Å². The summed E-state index contributed by atoms with van der Waals surface area (Å²) in [5.41, 5.74) is 6.03.